The van der Waals surface area contributed by atoms with Gasteiger partial charge in [0.15, 0.2) is 28.8 Å². The van der Waals surface area contributed by atoms with Crippen molar-refractivity contribution in [2.75, 3.05) is 28.4 Å². The summed E-state index contributed by atoms with van der Waals surface area (Å²) < 4.78 is 21.4. The third-order valence-electron chi connectivity index (χ3n) is 4.98. The summed E-state index contributed by atoms with van der Waals surface area (Å²) in [6, 6.07) is 6.79. The average molecular weight is 386 g/mol. The Morgan fingerprint density at radius 2 is 1.39 bits per heavy atom. The number of aliphatic carboxylic acids is 1. The van der Waals surface area contributed by atoms with Crippen LogP contribution in [0.1, 0.15) is 39.4 Å². The summed E-state index contributed by atoms with van der Waals surface area (Å²) in [6.45, 7) is 0. The number of fused-ring (bicyclic) bond motifs is 2. The third kappa shape index (κ3) is 3.35. The molecule has 0 saturated carbocycles. The molecule has 2 aromatic rings. The van der Waals surface area contributed by atoms with Gasteiger partial charge in [-0.2, -0.15) is 0 Å². The molecule has 1 N–H and O–H groups in total. The molecule has 0 radical (unpaired) electrons. The molecule has 0 aromatic heterocycles. The molecule has 0 heterocycles. The maximum absolute atomic E-state index is 13.0. The second-order valence-corrected chi connectivity index (χ2v) is 6.45. The molecule has 148 valence electrons. The van der Waals surface area contributed by atoms with Gasteiger partial charge in [0, 0.05) is 17.9 Å². The van der Waals surface area contributed by atoms with Gasteiger partial charge < -0.3 is 24.1 Å². The van der Waals surface area contributed by atoms with Gasteiger partial charge in [-0.15, -0.1) is 0 Å². The molecule has 0 bridgehead atoms. The first-order chi connectivity index (χ1) is 13.4. The summed E-state index contributed by atoms with van der Waals surface area (Å²) in [5.74, 6) is 0.183. The number of hydrogen-bond donors (Lipinski definition) is 1. The number of Topliss-reactive ketones (excluding diaryl/α,β-unsaturated/α-hetero) is 1. The molecule has 2 aromatic carbocycles. The predicted molar refractivity (Wildman–Crippen MR) is 101 cm³/mol. The zero-order valence-corrected chi connectivity index (χ0v) is 16.2. The van der Waals surface area contributed by atoms with Crippen molar-refractivity contribution in [3.05, 3.63) is 46.5 Å². The Hall–Kier alpha value is -3.22. The maximum atomic E-state index is 13.0. The maximum Gasteiger partial charge on any atom is 0.304 e. The topological polar surface area (TPSA) is 91.3 Å². The van der Waals surface area contributed by atoms with E-state index in [1.807, 2.05) is 0 Å². The van der Waals surface area contributed by atoms with Crippen LogP contribution in [0.3, 0.4) is 0 Å². The molecule has 0 spiro atoms. The smallest absolute Gasteiger partial charge is 0.304 e. The monoisotopic (exact) mass is 386 g/mol. The van der Waals surface area contributed by atoms with Gasteiger partial charge in [-0.25, -0.2) is 0 Å². The zero-order chi connectivity index (χ0) is 20.4. The lowest BCUT2D eigenvalue weighted by atomic mass is 9.85. The lowest BCUT2D eigenvalue weighted by molar-refractivity contribution is -0.137. The van der Waals surface area contributed by atoms with E-state index in [1.54, 1.807) is 24.3 Å². The van der Waals surface area contributed by atoms with Crippen LogP contribution >= 0.6 is 0 Å². The fourth-order valence-corrected chi connectivity index (χ4v) is 3.67. The molecule has 0 unspecified atom stereocenters. The minimum Gasteiger partial charge on any atom is -0.493 e. The minimum atomic E-state index is -0.971. The largest absolute Gasteiger partial charge is 0.493 e. The van der Waals surface area contributed by atoms with E-state index < -0.39 is 11.9 Å². The summed E-state index contributed by atoms with van der Waals surface area (Å²) in [4.78, 5) is 24.6. The first-order valence-corrected chi connectivity index (χ1v) is 8.69. The molecule has 0 amide bonds. The summed E-state index contributed by atoms with van der Waals surface area (Å²) in [5.41, 5.74) is 2.46. The van der Waals surface area contributed by atoms with Crippen LogP contribution in [0.15, 0.2) is 24.3 Å². The Labute approximate surface area is 162 Å². The van der Waals surface area contributed by atoms with E-state index in [0.717, 1.165) is 5.56 Å². The number of ketones is 1. The van der Waals surface area contributed by atoms with Crippen molar-refractivity contribution in [2.45, 2.75) is 18.8 Å². The molecule has 1 atom stereocenters. The summed E-state index contributed by atoms with van der Waals surface area (Å²) in [7, 11) is 6.02. The Balaban J connectivity index is 2.30. The first kappa shape index (κ1) is 19.5. The number of carboxylic acid groups (broad SMARTS) is 1. The van der Waals surface area contributed by atoms with Crippen LogP contribution in [-0.4, -0.2) is 45.3 Å². The van der Waals surface area contributed by atoms with Crippen molar-refractivity contribution in [1.82, 2.24) is 0 Å². The van der Waals surface area contributed by atoms with Crippen LogP contribution < -0.4 is 18.9 Å². The average Bonchev–Trinajstić information content (AvgIpc) is 2.79. The Bertz CT molecular complexity index is 933. The van der Waals surface area contributed by atoms with Crippen molar-refractivity contribution < 1.29 is 33.6 Å². The van der Waals surface area contributed by atoms with Crippen LogP contribution in [-0.2, 0) is 11.2 Å². The van der Waals surface area contributed by atoms with Crippen molar-refractivity contribution in [3.8, 4) is 23.0 Å². The molecule has 7 nitrogen and oxygen atoms in total. The molecule has 7 heteroatoms. The SMILES string of the molecule is COc1cc2c(cc1OC)[C@H](CC(=O)O)c1cc(OC)c(OC)cc1C(=O)C2. The molecule has 28 heavy (non-hydrogen) atoms. The third-order valence-corrected chi connectivity index (χ3v) is 4.98. The molecular weight excluding hydrogens is 364 g/mol. The Morgan fingerprint density at radius 3 is 1.93 bits per heavy atom. The number of methoxy groups -OCH3 is 4. The van der Waals surface area contributed by atoms with Crippen LogP contribution in [0.2, 0.25) is 0 Å². The van der Waals surface area contributed by atoms with Gasteiger partial charge in [-0.3, -0.25) is 9.59 Å². The number of carbonyl (C=O) groups is 2. The predicted octanol–water partition coefficient (Wildman–Crippen LogP) is 3.07. The molecule has 0 saturated heterocycles. The number of benzene rings is 2. The highest BCUT2D eigenvalue weighted by Gasteiger charge is 2.32. The fourth-order valence-electron chi connectivity index (χ4n) is 3.67. The quantitative estimate of drug-likeness (QED) is 0.816. The van der Waals surface area contributed by atoms with Crippen LogP contribution in [0.4, 0.5) is 0 Å². The van der Waals surface area contributed by atoms with Gasteiger partial charge in [0.05, 0.1) is 34.9 Å². The van der Waals surface area contributed by atoms with Crippen LogP contribution in [0, 0.1) is 0 Å². The van der Waals surface area contributed by atoms with E-state index in [0.29, 0.717) is 39.7 Å². The zero-order valence-electron chi connectivity index (χ0n) is 16.2. The molecule has 0 aliphatic heterocycles. The van der Waals surface area contributed by atoms with Crippen molar-refractivity contribution >= 4 is 11.8 Å². The number of carboxylic acids is 1. The summed E-state index contributed by atoms with van der Waals surface area (Å²) in [5, 5.41) is 9.53. The molecule has 1 aliphatic carbocycles. The van der Waals surface area contributed by atoms with E-state index in [4.69, 9.17) is 18.9 Å². The summed E-state index contributed by atoms with van der Waals surface area (Å²) >= 11 is 0. The lowest BCUT2D eigenvalue weighted by Crippen LogP contribution is -2.11. The fraction of sp³-hybridized carbons (Fsp3) is 0.333. The van der Waals surface area contributed by atoms with Gasteiger partial charge in [0.1, 0.15) is 0 Å². The van der Waals surface area contributed by atoms with Crippen molar-refractivity contribution in [3.63, 3.8) is 0 Å². The van der Waals surface area contributed by atoms with Gasteiger partial charge in [0.2, 0.25) is 0 Å². The molecule has 3 rings (SSSR count). The van der Waals surface area contributed by atoms with Crippen molar-refractivity contribution in [2.24, 2.45) is 0 Å². The molecule has 0 fully saturated rings. The van der Waals surface area contributed by atoms with Gasteiger partial charge in [-0.05, 0) is 41.0 Å². The van der Waals surface area contributed by atoms with Gasteiger partial charge in [-0.1, -0.05) is 0 Å². The number of hydrogen-bond acceptors (Lipinski definition) is 6. The minimum absolute atomic E-state index is 0.119. The Morgan fingerprint density at radius 1 is 0.893 bits per heavy atom. The molecule has 1 aliphatic rings. The van der Waals surface area contributed by atoms with Crippen molar-refractivity contribution in [1.29, 1.82) is 0 Å². The van der Waals surface area contributed by atoms with E-state index in [2.05, 4.69) is 0 Å². The van der Waals surface area contributed by atoms with E-state index in [9.17, 15) is 14.7 Å². The standard InChI is InChI=1S/C21H22O7/c1-25-17-6-11-5-16(22)15-9-20(28-4)19(27-3)8-13(15)14(10-21(23)24)12(11)7-18(17)26-2/h6-9,14H,5,10H2,1-4H3,(H,23,24)/t14-/m0/s1. The van der Waals surface area contributed by atoms with E-state index in [-0.39, 0.29) is 18.6 Å². The number of carbonyl (C=O) groups excluding carboxylic acids is 1. The second-order valence-electron chi connectivity index (χ2n) is 6.45. The highest BCUT2D eigenvalue weighted by atomic mass is 16.5. The Kier molecular flexibility index (Phi) is 5.44. The van der Waals surface area contributed by atoms with E-state index in [1.165, 1.54) is 28.4 Å². The highest BCUT2D eigenvalue weighted by Crippen LogP contribution is 2.44. The number of rotatable bonds is 6. The van der Waals surface area contributed by atoms with E-state index >= 15 is 0 Å². The highest BCUT2D eigenvalue weighted by molar-refractivity contribution is 6.01. The first-order valence-electron chi connectivity index (χ1n) is 8.69. The van der Waals surface area contributed by atoms with Crippen LogP contribution in [0.25, 0.3) is 0 Å². The number of ether oxygens (including phenoxy) is 4. The van der Waals surface area contributed by atoms with Gasteiger partial charge in [0.25, 0.3) is 0 Å². The second kappa shape index (κ2) is 7.80. The van der Waals surface area contributed by atoms with Gasteiger partial charge >= 0.3 is 5.97 Å². The normalized spacial score (nSPS) is 15.1. The molecular formula is C21H22O7. The summed E-state index contributed by atoms with van der Waals surface area (Å²) in [6.07, 6.45) is -0.0630. The van der Waals surface area contributed by atoms with Crippen LogP contribution in [0.5, 0.6) is 23.0 Å². The lowest BCUT2D eigenvalue weighted by Gasteiger charge is -2.21.